The fourth-order valence-electron chi connectivity index (χ4n) is 5.79. The highest BCUT2D eigenvalue weighted by molar-refractivity contribution is 6.05. The molecule has 2 saturated carbocycles. The minimum Gasteiger partial charge on any atom is -0.490 e. The minimum absolute atomic E-state index is 0.0695. The lowest BCUT2D eigenvalue weighted by molar-refractivity contribution is 0.102. The molecule has 1 amide bonds. The molecule has 0 heterocycles. The number of rotatable bonds is 8. The van der Waals surface area contributed by atoms with Gasteiger partial charge in [0.2, 0.25) is 0 Å². The number of anilines is 1. The van der Waals surface area contributed by atoms with Crippen LogP contribution in [0.3, 0.4) is 0 Å². The molecule has 0 radical (unpaired) electrons. The Morgan fingerprint density at radius 1 is 0.634 bits per heavy atom. The molecule has 0 saturated heterocycles. The van der Waals surface area contributed by atoms with Gasteiger partial charge in [0.25, 0.3) is 5.91 Å². The van der Waals surface area contributed by atoms with Crippen molar-refractivity contribution in [1.29, 1.82) is 0 Å². The van der Waals surface area contributed by atoms with Gasteiger partial charge in [0.1, 0.15) is 11.5 Å². The molecular formula is C35H33F2NO3. The van der Waals surface area contributed by atoms with Crippen LogP contribution < -0.4 is 14.8 Å². The summed E-state index contributed by atoms with van der Waals surface area (Å²) in [6.45, 7) is 0. The van der Waals surface area contributed by atoms with E-state index in [-0.39, 0.29) is 18.1 Å². The fourth-order valence-corrected chi connectivity index (χ4v) is 5.79. The maximum absolute atomic E-state index is 14.2. The number of halogens is 2. The van der Waals surface area contributed by atoms with Gasteiger partial charge in [-0.2, -0.15) is 0 Å². The van der Waals surface area contributed by atoms with Crippen LogP contribution in [0.5, 0.6) is 11.5 Å². The Bertz CT molecular complexity index is 1530. The van der Waals surface area contributed by atoms with Gasteiger partial charge in [-0.25, -0.2) is 8.78 Å². The standard InChI is InChI=1S/C35H33F2NO3/c36-31-17-14-24(21-32(31)37)29-20-25(15-18-33(29)40-27-10-4-5-11-27)35(39)38-26-16-19-34(41-28-12-6-7-13-28)30(22-26)23-8-2-1-3-9-23/h1-3,8-9,14-22,27-28H,4-7,10-13H2,(H,38,39). The van der Waals surface area contributed by atoms with E-state index in [1.165, 1.54) is 18.9 Å². The van der Waals surface area contributed by atoms with Crippen molar-refractivity contribution in [2.75, 3.05) is 5.32 Å². The fraction of sp³-hybridized carbons (Fsp3) is 0.286. The van der Waals surface area contributed by atoms with Crippen molar-refractivity contribution in [2.24, 2.45) is 0 Å². The van der Waals surface area contributed by atoms with Gasteiger partial charge in [0.15, 0.2) is 11.6 Å². The molecule has 2 aliphatic carbocycles. The van der Waals surface area contributed by atoms with Crippen molar-refractivity contribution in [1.82, 2.24) is 0 Å². The number of carbonyl (C=O) groups excluding carboxylic acids is 1. The molecule has 6 heteroatoms. The van der Waals surface area contributed by atoms with Crippen LogP contribution in [0.4, 0.5) is 14.5 Å². The molecule has 6 rings (SSSR count). The van der Waals surface area contributed by atoms with E-state index in [1.54, 1.807) is 18.2 Å². The van der Waals surface area contributed by atoms with E-state index in [9.17, 15) is 13.6 Å². The van der Waals surface area contributed by atoms with E-state index in [0.29, 0.717) is 28.1 Å². The van der Waals surface area contributed by atoms with Gasteiger partial charge in [-0.1, -0.05) is 36.4 Å². The first-order chi connectivity index (χ1) is 20.0. The molecule has 4 aromatic rings. The summed E-state index contributed by atoms with van der Waals surface area (Å²) in [6, 6.07) is 24.6. The van der Waals surface area contributed by atoms with Crippen LogP contribution in [-0.2, 0) is 0 Å². The third-order valence-electron chi connectivity index (χ3n) is 7.99. The molecule has 0 spiro atoms. The van der Waals surface area contributed by atoms with Gasteiger partial charge in [0.05, 0.1) is 12.2 Å². The first-order valence-electron chi connectivity index (χ1n) is 14.5. The summed E-state index contributed by atoms with van der Waals surface area (Å²) in [4.78, 5) is 13.5. The molecule has 1 N–H and O–H groups in total. The Hall–Kier alpha value is -4.19. The highest BCUT2D eigenvalue weighted by Crippen LogP contribution is 2.37. The quantitative estimate of drug-likeness (QED) is 0.237. The summed E-state index contributed by atoms with van der Waals surface area (Å²) < 4.78 is 40.5. The lowest BCUT2D eigenvalue weighted by Crippen LogP contribution is -2.15. The number of hydrogen-bond acceptors (Lipinski definition) is 3. The summed E-state index contributed by atoms with van der Waals surface area (Å²) in [5.41, 5.74) is 3.94. The molecule has 41 heavy (non-hydrogen) atoms. The number of benzene rings is 4. The summed E-state index contributed by atoms with van der Waals surface area (Å²) in [7, 11) is 0. The third-order valence-corrected chi connectivity index (χ3v) is 7.99. The van der Waals surface area contributed by atoms with Crippen molar-refractivity contribution < 1.29 is 23.0 Å². The zero-order valence-electron chi connectivity index (χ0n) is 22.9. The molecule has 0 bridgehead atoms. The van der Waals surface area contributed by atoms with E-state index < -0.39 is 11.6 Å². The minimum atomic E-state index is -0.947. The zero-order chi connectivity index (χ0) is 28.2. The van der Waals surface area contributed by atoms with Crippen LogP contribution >= 0.6 is 0 Å². The van der Waals surface area contributed by atoms with Gasteiger partial charge in [-0.3, -0.25) is 4.79 Å². The Labute approximate surface area is 239 Å². The van der Waals surface area contributed by atoms with Gasteiger partial charge >= 0.3 is 0 Å². The van der Waals surface area contributed by atoms with E-state index in [1.807, 2.05) is 48.5 Å². The maximum atomic E-state index is 14.2. The average molecular weight is 554 g/mol. The summed E-state index contributed by atoms with van der Waals surface area (Å²) in [5, 5.41) is 3.01. The number of ether oxygens (including phenoxy) is 2. The molecule has 2 aliphatic rings. The molecule has 0 atom stereocenters. The van der Waals surface area contributed by atoms with E-state index in [4.69, 9.17) is 9.47 Å². The molecule has 0 unspecified atom stereocenters. The largest absolute Gasteiger partial charge is 0.490 e. The van der Waals surface area contributed by atoms with Gasteiger partial charge in [-0.15, -0.1) is 0 Å². The van der Waals surface area contributed by atoms with E-state index in [0.717, 1.165) is 67.5 Å². The lowest BCUT2D eigenvalue weighted by Gasteiger charge is -2.19. The summed E-state index contributed by atoms with van der Waals surface area (Å²) >= 11 is 0. The molecule has 2 fully saturated rings. The number of carbonyl (C=O) groups is 1. The van der Waals surface area contributed by atoms with Crippen LogP contribution in [-0.4, -0.2) is 18.1 Å². The van der Waals surface area contributed by atoms with Crippen LogP contribution in [0.25, 0.3) is 22.3 Å². The maximum Gasteiger partial charge on any atom is 0.255 e. The second kappa shape index (κ2) is 12.1. The van der Waals surface area contributed by atoms with Crippen molar-refractivity contribution in [2.45, 2.75) is 63.6 Å². The van der Waals surface area contributed by atoms with E-state index in [2.05, 4.69) is 5.32 Å². The predicted molar refractivity (Wildman–Crippen MR) is 157 cm³/mol. The highest BCUT2D eigenvalue weighted by atomic mass is 19.2. The monoisotopic (exact) mass is 553 g/mol. The number of nitrogens with one attached hydrogen (secondary N) is 1. The second-order valence-corrected chi connectivity index (χ2v) is 10.9. The molecule has 0 aliphatic heterocycles. The predicted octanol–water partition coefficient (Wildman–Crippen LogP) is 9.19. The summed E-state index contributed by atoms with van der Waals surface area (Å²) in [5.74, 6) is -0.827. The SMILES string of the molecule is O=C(Nc1ccc(OC2CCCC2)c(-c2ccccc2)c1)c1ccc(OC2CCCC2)c(-c2ccc(F)c(F)c2)c1. The smallest absolute Gasteiger partial charge is 0.255 e. The first kappa shape index (κ1) is 27.0. The van der Waals surface area contributed by atoms with E-state index >= 15 is 0 Å². The molecule has 210 valence electrons. The lowest BCUT2D eigenvalue weighted by atomic mass is 10.0. The molecule has 0 aromatic heterocycles. The van der Waals surface area contributed by atoms with Crippen molar-refractivity contribution >= 4 is 11.6 Å². The highest BCUT2D eigenvalue weighted by Gasteiger charge is 2.22. The Morgan fingerprint density at radius 2 is 1.24 bits per heavy atom. The van der Waals surface area contributed by atoms with Crippen molar-refractivity contribution in [3.8, 4) is 33.8 Å². The van der Waals surface area contributed by atoms with Crippen LogP contribution in [0, 0.1) is 11.6 Å². The van der Waals surface area contributed by atoms with Crippen LogP contribution in [0.2, 0.25) is 0 Å². The molecule has 4 aromatic carbocycles. The normalized spacial score (nSPS) is 15.7. The second-order valence-electron chi connectivity index (χ2n) is 10.9. The summed E-state index contributed by atoms with van der Waals surface area (Å²) in [6.07, 6.45) is 8.82. The zero-order valence-corrected chi connectivity index (χ0v) is 22.9. The van der Waals surface area contributed by atoms with Gasteiger partial charge in [0, 0.05) is 22.4 Å². The number of amides is 1. The average Bonchev–Trinajstić information content (AvgIpc) is 3.71. The van der Waals surface area contributed by atoms with Crippen molar-refractivity contribution in [3.05, 3.63) is 102 Å². The topological polar surface area (TPSA) is 47.6 Å². The Morgan fingerprint density at radius 3 is 1.88 bits per heavy atom. The van der Waals surface area contributed by atoms with Gasteiger partial charge in [-0.05, 0) is 111 Å². The number of hydrogen-bond donors (Lipinski definition) is 1. The Kier molecular flexibility index (Phi) is 7.99. The molecular weight excluding hydrogens is 520 g/mol. The molecule has 4 nitrogen and oxygen atoms in total. The Balaban J connectivity index is 1.29. The van der Waals surface area contributed by atoms with Crippen LogP contribution in [0.1, 0.15) is 61.7 Å². The van der Waals surface area contributed by atoms with Crippen LogP contribution in [0.15, 0.2) is 84.9 Å². The van der Waals surface area contributed by atoms with Gasteiger partial charge < -0.3 is 14.8 Å². The third kappa shape index (κ3) is 6.27. The van der Waals surface area contributed by atoms with Crippen molar-refractivity contribution in [3.63, 3.8) is 0 Å². The first-order valence-corrected chi connectivity index (χ1v) is 14.5.